The SMILES string of the molecule is CC(C)(C)c1ccccc1Nc1cc(C(=O)Nc2cccc(C#N)c2)ccn1. The molecule has 0 radical (unpaired) electrons. The zero-order valence-corrected chi connectivity index (χ0v) is 16.2. The second-order valence-corrected chi connectivity index (χ2v) is 7.50. The van der Waals surface area contributed by atoms with Gasteiger partial charge in [-0.05, 0) is 47.4 Å². The van der Waals surface area contributed by atoms with Gasteiger partial charge in [0.15, 0.2) is 0 Å². The van der Waals surface area contributed by atoms with Crippen LogP contribution >= 0.6 is 0 Å². The predicted molar refractivity (Wildman–Crippen MR) is 112 cm³/mol. The van der Waals surface area contributed by atoms with Gasteiger partial charge in [-0.25, -0.2) is 4.98 Å². The fourth-order valence-corrected chi connectivity index (χ4v) is 2.89. The van der Waals surface area contributed by atoms with Crippen LogP contribution in [0.4, 0.5) is 17.2 Å². The summed E-state index contributed by atoms with van der Waals surface area (Å²) in [4.78, 5) is 16.9. The Bertz CT molecular complexity index is 1040. The molecule has 0 aliphatic rings. The van der Waals surface area contributed by atoms with Crippen molar-refractivity contribution in [1.82, 2.24) is 4.98 Å². The Kier molecular flexibility index (Phi) is 5.42. The van der Waals surface area contributed by atoms with E-state index in [1.807, 2.05) is 18.2 Å². The van der Waals surface area contributed by atoms with Crippen molar-refractivity contribution in [2.45, 2.75) is 26.2 Å². The van der Waals surface area contributed by atoms with E-state index in [-0.39, 0.29) is 11.3 Å². The summed E-state index contributed by atoms with van der Waals surface area (Å²) in [5.74, 6) is 0.333. The molecule has 0 fully saturated rings. The number of nitriles is 1. The zero-order valence-electron chi connectivity index (χ0n) is 16.2. The highest BCUT2D eigenvalue weighted by Gasteiger charge is 2.18. The van der Waals surface area contributed by atoms with Gasteiger partial charge in [0.1, 0.15) is 5.82 Å². The predicted octanol–water partition coefficient (Wildman–Crippen LogP) is 5.25. The number of hydrogen-bond acceptors (Lipinski definition) is 4. The van der Waals surface area contributed by atoms with Crippen LogP contribution in [0, 0.1) is 11.3 Å². The minimum Gasteiger partial charge on any atom is -0.340 e. The smallest absolute Gasteiger partial charge is 0.255 e. The minimum absolute atomic E-state index is 0.0235. The summed E-state index contributed by atoms with van der Waals surface area (Å²) in [7, 11) is 0. The second kappa shape index (κ2) is 7.93. The highest BCUT2D eigenvalue weighted by molar-refractivity contribution is 6.04. The normalized spacial score (nSPS) is 10.8. The quantitative estimate of drug-likeness (QED) is 0.658. The number of amides is 1. The molecule has 0 atom stereocenters. The zero-order chi connectivity index (χ0) is 20.1. The maximum atomic E-state index is 12.6. The van der Waals surface area contributed by atoms with Crippen molar-refractivity contribution in [2.75, 3.05) is 10.6 Å². The third kappa shape index (κ3) is 4.54. The van der Waals surface area contributed by atoms with Gasteiger partial charge in [0.2, 0.25) is 0 Å². The van der Waals surface area contributed by atoms with E-state index in [0.29, 0.717) is 22.6 Å². The largest absolute Gasteiger partial charge is 0.340 e. The molecule has 2 N–H and O–H groups in total. The number of pyridine rings is 1. The molecule has 1 heterocycles. The number of anilines is 3. The van der Waals surface area contributed by atoms with E-state index in [2.05, 4.69) is 48.5 Å². The number of carbonyl (C=O) groups excluding carboxylic acids is 1. The molecule has 0 aliphatic heterocycles. The Labute approximate surface area is 165 Å². The number of carbonyl (C=O) groups is 1. The van der Waals surface area contributed by atoms with Crippen molar-refractivity contribution in [2.24, 2.45) is 0 Å². The molecular formula is C23H22N4O. The van der Waals surface area contributed by atoms with E-state index < -0.39 is 0 Å². The van der Waals surface area contributed by atoms with Crippen LogP contribution < -0.4 is 10.6 Å². The molecule has 3 rings (SSSR count). The lowest BCUT2D eigenvalue weighted by molar-refractivity contribution is 0.102. The van der Waals surface area contributed by atoms with Crippen LogP contribution in [0.25, 0.3) is 0 Å². The monoisotopic (exact) mass is 370 g/mol. The number of aromatic nitrogens is 1. The van der Waals surface area contributed by atoms with Gasteiger partial charge in [0, 0.05) is 23.1 Å². The van der Waals surface area contributed by atoms with Crippen LogP contribution in [-0.2, 0) is 5.41 Å². The number of nitrogens with one attached hydrogen (secondary N) is 2. The average molecular weight is 370 g/mol. The highest BCUT2D eigenvalue weighted by atomic mass is 16.1. The molecule has 1 aromatic heterocycles. The number of rotatable bonds is 4. The van der Waals surface area contributed by atoms with Crippen LogP contribution in [0.1, 0.15) is 42.3 Å². The number of hydrogen-bond donors (Lipinski definition) is 2. The molecule has 1 amide bonds. The summed E-state index contributed by atoms with van der Waals surface area (Å²) >= 11 is 0. The van der Waals surface area contributed by atoms with E-state index in [4.69, 9.17) is 5.26 Å². The van der Waals surface area contributed by atoms with Gasteiger partial charge in [0.25, 0.3) is 5.91 Å². The molecule has 0 saturated carbocycles. The molecule has 5 nitrogen and oxygen atoms in total. The summed E-state index contributed by atoms with van der Waals surface area (Å²) in [5.41, 5.74) is 3.65. The van der Waals surface area contributed by atoms with Gasteiger partial charge >= 0.3 is 0 Å². The van der Waals surface area contributed by atoms with E-state index in [1.165, 1.54) is 5.56 Å². The molecule has 3 aromatic rings. The summed E-state index contributed by atoms with van der Waals surface area (Å²) in [5, 5.41) is 15.1. The Balaban J connectivity index is 1.81. The number of para-hydroxylation sites is 1. The topological polar surface area (TPSA) is 77.8 Å². The fraction of sp³-hybridized carbons (Fsp3) is 0.174. The third-order valence-electron chi connectivity index (χ3n) is 4.27. The van der Waals surface area contributed by atoms with Crippen molar-refractivity contribution in [3.05, 3.63) is 83.6 Å². The molecule has 5 heteroatoms. The van der Waals surface area contributed by atoms with Crippen LogP contribution in [-0.4, -0.2) is 10.9 Å². The van der Waals surface area contributed by atoms with Gasteiger partial charge < -0.3 is 10.6 Å². The lowest BCUT2D eigenvalue weighted by Crippen LogP contribution is -2.14. The van der Waals surface area contributed by atoms with E-state index >= 15 is 0 Å². The van der Waals surface area contributed by atoms with Crippen molar-refractivity contribution in [3.8, 4) is 6.07 Å². The van der Waals surface area contributed by atoms with E-state index in [1.54, 1.807) is 42.6 Å². The van der Waals surface area contributed by atoms with E-state index in [0.717, 1.165) is 5.69 Å². The van der Waals surface area contributed by atoms with Crippen LogP contribution in [0.3, 0.4) is 0 Å². The van der Waals surface area contributed by atoms with Gasteiger partial charge in [-0.2, -0.15) is 5.26 Å². The Morgan fingerprint density at radius 1 is 1.04 bits per heavy atom. The van der Waals surface area contributed by atoms with Crippen molar-refractivity contribution < 1.29 is 4.79 Å². The Morgan fingerprint density at radius 2 is 1.82 bits per heavy atom. The third-order valence-corrected chi connectivity index (χ3v) is 4.27. The van der Waals surface area contributed by atoms with Crippen molar-refractivity contribution >= 4 is 23.1 Å². The first kappa shape index (κ1) is 19.1. The molecule has 0 aliphatic carbocycles. The molecule has 0 saturated heterocycles. The lowest BCUT2D eigenvalue weighted by atomic mass is 9.86. The number of benzene rings is 2. The summed E-state index contributed by atoms with van der Waals surface area (Å²) < 4.78 is 0. The summed E-state index contributed by atoms with van der Waals surface area (Å²) in [6.07, 6.45) is 1.60. The second-order valence-electron chi connectivity index (χ2n) is 7.50. The van der Waals surface area contributed by atoms with Crippen LogP contribution in [0.5, 0.6) is 0 Å². The molecule has 28 heavy (non-hydrogen) atoms. The maximum Gasteiger partial charge on any atom is 0.255 e. The molecule has 0 unspecified atom stereocenters. The van der Waals surface area contributed by atoms with Crippen LogP contribution in [0.15, 0.2) is 66.9 Å². The first-order chi connectivity index (χ1) is 13.4. The summed E-state index contributed by atoms with van der Waals surface area (Å²) in [6, 6.07) is 20.3. The lowest BCUT2D eigenvalue weighted by Gasteiger charge is -2.23. The fourth-order valence-electron chi connectivity index (χ4n) is 2.89. The molecular weight excluding hydrogens is 348 g/mol. The Hall–Kier alpha value is -3.65. The molecule has 140 valence electrons. The standard InChI is InChI=1S/C23H22N4O/c1-23(2,3)19-9-4-5-10-20(19)27-21-14-17(11-12-25-21)22(28)26-18-8-6-7-16(13-18)15-24/h4-14H,1-3H3,(H,25,27)(H,26,28). The molecule has 2 aromatic carbocycles. The molecule has 0 spiro atoms. The van der Waals surface area contributed by atoms with Crippen LogP contribution in [0.2, 0.25) is 0 Å². The minimum atomic E-state index is -0.260. The van der Waals surface area contributed by atoms with Gasteiger partial charge in [0.05, 0.1) is 11.6 Å². The Morgan fingerprint density at radius 3 is 2.57 bits per heavy atom. The highest BCUT2D eigenvalue weighted by Crippen LogP contribution is 2.31. The maximum absolute atomic E-state index is 12.6. The van der Waals surface area contributed by atoms with Crippen molar-refractivity contribution in [3.63, 3.8) is 0 Å². The van der Waals surface area contributed by atoms with Crippen molar-refractivity contribution in [1.29, 1.82) is 5.26 Å². The summed E-state index contributed by atoms with van der Waals surface area (Å²) in [6.45, 7) is 6.46. The number of nitrogens with zero attached hydrogens (tertiary/aromatic N) is 2. The first-order valence-corrected chi connectivity index (χ1v) is 9.01. The molecule has 0 bridgehead atoms. The van der Waals surface area contributed by atoms with Gasteiger partial charge in [-0.3, -0.25) is 4.79 Å². The van der Waals surface area contributed by atoms with Gasteiger partial charge in [-0.15, -0.1) is 0 Å². The van der Waals surface area contributed by atoms with Gasteiger partial charge in [-0.1, -0.05) is 45.0 Å². The van der Waals surface area contributed by atoms with E-state index in [9.17, 15) is 4.79 Å². The first-order valence-electron chi connectivity index (χ1n) is 9.01. The average Bonchev–Trinajstić information content (AvgIpc) is 2.68.